The van der Waals surface area contributed by atoms with E-state index in [0.717, 1.165) is 18.1 Å². The van der Waals surface area contributed by atoms with Crippen molar-refractivity contribution in [2.24, 2.45) is 5.41 Å². The maximum Gasteiger partial charge on any atom is 0.147 e. The number of aromatic nitrogens is 2. The third-order valence-corrected chi connectivity index (χ3v) is 4.58. The van der Waals surface area contributed by atoms with Gasteiger partial charge in [-0.25, -0.2) is 4.98 Å². The first-order chi connectivity index (χ1) is 9.87. The molecule has 1 aliphatic carbocycles. The van der Waals surface area contributed by atoms with E-state index in [-0.39, 0.29) is 0 Å². The third kappa shape index (κ3) is 4.67. The number of hydrogen-bond acceptors (Lipinski definition) is 4. The van der Waals surface area contributed by atoms with Gasteiger partial charge in [0.2, 0.25) is 0 Å². The fourth-order valence-corrected chi connectivity index (χ4v) is 2.92. The summed E-state index contributed by atoms with van der Waals surface area (Å²) in [5.74, 6) is 1.00. The molecule has 0 radical (unpaired) electrons. The Balaban J connectivity index is 1.99. The molecule has 1 N–H and O–H groups in total. The quantitative estimate of drug-likeness (QED) is 0.902. The van der Waals surface area contributed by atoms with Crippen molar-refractivity contribution in [1.29, 1.82) is 0 Å². The molecule has 21 heavy (non-hydrogen) atoms. The molecular formula is C17H30N4. The van der Waals surface area contributed by atoms with E-state index in [1.54, 1.807) is 0 Å². The minimum Gasteiger partial charge on any atom is -0.355 e. The summed E-state index contributed by atoms with van der Waals surface area (Å²) in [4.78, 5) is 11.4. The monoisotopic (exact) mass is 290 g/mol. The number of rotatable bonds is 5. The van der Waals surface area contributed by atoms with Crippen molar-refractivity contribution in [1.82, 2.24) is 15.3 Å². The van der Waals surface area contributed by atoms with Crippen molar-refractivity contribution in [3.63, 3.8) is 0 Å². The summed E-state index contributed by atoms with van der Waals surface area (Å²) in [6.45, 7) is 9.83. The lowest BCUT2D eigenvalue weighted by atomic mass is 9.75. The molecule has 0 atom stereocenters. The lowest BCUT2D eigenvalue weighted by Gasteiger charge is -2.39. The molecule has 1 saturated carbocycles. The fraction of sp³-hybridized carbons (Fsp3) is 0.765. The summed E-state index contributed by atoms with van der Waals surface area (Å²) >= 11 is 0. The van der Waals surface area contributed by atoms with Gasteiger partial charge in [0.15, 0.2) is 0 Å². The molecule has 0 spiro atoms. The highest BCUT2D eigenvalue weighted by molar-refractivity contribution is 5.36. The van der Waals surface area contributed by atoms with Gasteiger partial charge in [0, 0.05) is 31.9 Å². The predicted octanol–water partition coefficient (Wildman–Crippen LogP) is 3.38. The van der Waals surface area contributed by atoms with Gasteiger partial charge in [0.05, 0.1) is 11.9 Å². The molecule has 1 aromatic rings. The molecule has 1 aliphatic rings. The van der Waals surface area contributed by atoms with Gasteiger partial charge in [-0.1, -0.05) is 27.7 Å². The van der Waals surface area contributed by atoms with Crippen molar-refractivity contribution in [3.05, 3.63) is 18.1 Å². The van der Waals surface area contributed by atoms with Crippen LogP contribution in [0.25, 0.3) is 0 Å². The summed E-state index contributed by atoms with van der Waals surface area (Å²) in [6, 6.07) is 1.06. The van der Waals surface area contributed by atoms with E-state index in [4.69, 9.17) is 4.98 Å². The fourth-order valence-electron chi connectivity index (χ4n) is 2.92. The summed E-state index contributed by atoms with van der Waals surface area (Å²) in [7, 11) is 2.16. The van der Waals surface area contributed by atoms with Crippen LogP contribution in [-0.2, 0) is 6.54 Å². The van der Waals surface area contributed by atoms with Crippen LogP contribution < -0.4 is 10.2 Å². The molecule has 1 heterocycles. The highest BCUT2D eigenvalue weighted by Gasteiger charge is 2.29. The van der Waals surface area contributed by atoms with E-state index in [9.17, 15) is 0 Å². The normalized spacial score (nSPS) is 19.0. The van der Waals surface area contributed by atoms with Gasteiger partial charge in [0.25, 0.3) is 0 Å². The van der Waals surface area contributed by atoms with Gasteiger partial charge in [-0.2, -0.15) is 0 Å². The number of anilines is 1. The summed E-state index contributed by atoms with van der Waals surface area (Å²) < 4.78 is 0. The average Bonchev–Trinajstić information content (AvgIpc) is 2.45. The number of nitrogens with one attached hydrogen (secondary N) is 1. The van der Waals surface area contributed by atoms with E-state index >= 15 is 0 Å². The molecule has 0 amide bonds. The Labute approximate surface area is 129 Å². The highest BCUT2D eigenvalue weighted by Crippen LogP contribution is 2.37. The van der Waals surface area contributed by atoms with Gasteiger partial charge < -0.3 is 10.2 Å². The molecule has 0 unspecified atom stereocenters. The topological polar surface area (TPSA) is 41.1 Å². The molecule has 0 saturated heterocycles. The minimum absolute atomic E-state index is 0.466. The second-order valence-corrected chi connectivity index (χ2v) is 7.41. The molecule has 1 fully saturated rings. The standard InChI is InChI=1S/C17H30N4/c1-13(2)19-11-14-10-18-12-16(20-14)21(5)15-6-8-17(3,4)9-7-15/h10,12-13,15,19H,6-9,11H2,1-5H3. The summed E-state index contributed by atoms with van der Waals surface area (Å²) in [6.07, 6.45) is 8.84. The predicted molar refractivity (Wildman–Crippen MR) is 88.4 cm³/mol. The van der Waals surface area contributed by atoms with Gasteiger partial charge in [-0.15, -0.1) is 0 Å². The average molecular weight is 290 g/mol. The zero-order valence-corrected chi connectivity index (χ0v) is 14.2. The van der Waals surface area contributed by atoms with Crippen LogP contribution in [0.1, 0.15) is 59.1 Å². The van der Waals surface area contributed by atoms with E-state index in [0.29, 0.717) is 17.5 Å². The molecule has 2 rings (SSSR count). The van der Waals surface area contributed by atoms with Crippen molar-refractivity contribution in [2.45, 2.75) is 72.0 Å². The highest BCUT2D eigenvalue weighted by atomic mass is 15.2. The second-order valence-electron chi connectivity index (χ2n) is 7.41. The molecule has 118 valence electrons. The van der Waals surface area contributed by atoms with Crippen molar-refractivity contribution >= 4 is 5.82 Å². The van der Waals surface area contributed by atoms with Crippen LogP contribution in [0, 0.1) is 5.41 Å². The first-order valence-corrected chi connectivity index (χ1v) is 8.14. The van der Waals surface area contributed by atoms with Crippen LogP contribution >= 0.6 is 0 Å². The number of hydrogen-bond donors (Lipinski definition) is 1. The maximum atomic E-state index is 4.76. The molecule has 4 nitrogen and oxygen atoms in total. The van der Waals surface area contributed by atoms with Gasteiger partial charge in [0.1, 0.15) is 5.82 Å². The molecule has 4 heteroatoms. The first kappa shape index (κ1) is 16.2. The van der Waals surface area contributed by atoms with Crippen LogP contribution in [0.4, 0.5) is 5.82 Å². The second kappa shape index (κ2) is 6.73. The molecule has 0 aliphatic heterocycles. The Hall–Kier alpha value is -1.16. The first-order valence-electron chi connectivity index (χ1n) is 8.14. The molecule has 0 aromatic carbocycles. The van der Waals surface area contributed by atoms with E-state index in [1.807, 2.05) is 12.4 Å². The summed E-state index contributed by atoms with van der Waals surface area (Å²) in [5.41, 5.74) is 1.52. The Morgan fingerprint density at radius 2 is 1.95 bits per heavy atom. The zero-order valence-electron chi connectivity index (χ0n) is 14.2. The van der Waals surface area contributed by atoms with E-state index < -0.39 is 0 Å². The third-order valence-electron chi connectivity index (χ3n) is 4.58. The van der Waals surface area contributed by atoms with Gasteiger partial charge in [-0.05, 0) is 31.1 Å². The molecule has 0 bridgehead atoms. The van der Waals surface area contributed by atoms with Crippen molar-refractivity contribution in [3.8, 4) is 0 Å². The number of nitrogens with zero attached hydrogens (tertiary/aromatic N) is 3. The smallest absolute Gasteiger partial charge is 0.147 e. The SMILES string of the molecule is CC(C)NCc1cncc(N(C)C2CCC(C)(C)CC2)n1. The van der Waals surface area contributed by atoms with Crippen molar-refractivity contribution < 1.29 is 0 Å². The molecule has 1 aromatic heterocycles. The Morgan fingerprint density at radius 1 is 1.29 bits per heavy atom. The van der Waals surface area contributed by atoms with E-state index in [2.05, 4.69) is 49.9 Å². The van der Waals surface area contributed by atoms with Crippen LogP contribution in [0.3, 0.4) is 0 Å². The van der Waals surface area contributed by atoms with Crippen molar-refractivity contribution in [2.75, 3.05) is 11.9 Å². The Bertz CT molecular complexity index is 446. The maximum absolute atomic E-state index is 4.76. The van der Waals surface area contributed by atoms with Crippen LogP contribution in [0.5, 0.6) is 0 Å². The molecular weight excluding hydrogens is 260 g/mol. The lowest BCUT2D eigenvalue weighted by Crippen LogP contribution is -2.37. The Kier molecular flexibility index (Phi) is 5.20. The van der Waals surface area contributed by atoms with Gasteiger partial charge in [-0.3, -0.25) is 4.98 Å². The van der Waals surface area contributed by atoms with Crippen LogP contribution in [0.15, 0.2) is 12.4 Å². The Morgan fingerprint density at radius 3 is 2.57 bits per heavy atom. The van der Waals surface area contributed by atoms with E-state index in [1.165, 1.54) is 25.7 Å². The van der Waals surface area contributed by atoms with Crippen LogP contribution in [-0.4, -0.2) is 29.1 Å². The zero-order chi connectivity index (χ0) is 15.5. The minimum atomic E-state index is 0.466. The summed E-state index contributed by atoms with van der Waals surface area (Å²) in [5, 5.41) is 3.40. The largest absolute Gasteiger partial charge is 0.355 e. The lowest BCUT2D eigenvalue weighted by molar-refractivity contribution is 0.222. The van der Waals surface area contributed by atoms with Gasteiger partial charge >= 0.3 is 0 Å². The van der Waals surface area contributed by atoms with Crippen LogP contribution in [0.2, 0.25) is 0 Å².